The van der Waals surface area contributed by atoms with E-state index in [0.29, 0.717) is 19.4 Å². The molecule has 0 radical (unpaired) electrons. The molecule has 0 aromatic heterocycles. The molecular formula is C18H28NO3+. The van der Waals surface area contributed by atoms with Crippen molar-refractivity contribution in [2.45, 2.75) is 39.0 Å². The number of hydrogen-bond acceptors (Lipinski definition) is 3. The lowest BCUT2D eigenvalue weighted by Gasteiger charge is -2.23. The van der Waals surface area contributed by atoms with Crippen LogP contribution in [0.2, 0.25) is 0 Å². The Kier molecular flexibility index (Phi) is 7.25. The minimum Gasteiger partial charge on any atom is -0.466 e. The van der Waals surface area contributed by atoms with Crippen molar-refractivity contribution >= 4 is 17.4 Å². The first kappa shape index (κ1) is 18.4. The number of carbonyl (C=O) groups is 2. The lowest BCUT2D eigenvalue weighted by molar-refractivity contribution is -0.143. The van der Waals surface area contributed by atoms with Gasteiger partial charge in [-0.3, -0.25) is 14.1 Å². The van der Waals surface area contributed by atoms with Gasteiger partial charge in [0.05, 0.1) is 27.7 Å². The number of hydrogen-bond donors (Lipinski definition) is 0. The Morgan fingerprint density at radius 3 is 2.09 bits per heavy atom. The second-order valence-corrected chi connectivity index (χ2v) is 6.35. The van der Waals surface area contributed by atoms with Gasteiger partial charge in [0, 0.05) is 18.4 Å². The van der Waals surface area contributed by atoms with Crippen LogP contribution < -0.4 is 4.48 Å². The zero-order valence-corrected chi connectivity index (χ0v) is 14.2. The van der Waals surface area contributed by atoms with Gasteiger partial charge >= 0.3 is 5.97 Å². The minimum atomic E-state index is -0.148. The van der Waals surface area contributed by atoms with E-state index in [1.807, 2.05) is 24.3 Å². The molecule has 22 heavy (non-hydrogen) atoms. The van der Waals surface area contributed by atoms with E-state index in [2.05, 4.69) is 21.1 Å². The fourth-order valence-electron chi connectivity index (χ4n) is 2.20. The highest BCUT2D eigenvalue weighted by atomic mass is 16.5. The smallest absolute Gasteiger partial charge is 0.305 e. The summed E-state index contributed by atoms with van der Waals surface area (Å²) in [4.78, 5) is 23.3. The van der Waals surface area contributed by atoms with Gasteiger partial charge in [-0.05, 0) is 44.0 Å². The molecule has 1 aromatic rings. The molecule has 0 spiro atoms. The van der Waals surface area contributed by atoms with Gasteiger partial charge in [0.15, 0.2) is 5.78 Å². The minimum absolute atomic E-state index is 0.148. The number of ketones is 1. The van der Waals surface area contributed by atoms with Crippen LogP contribution in [0.25, 0.3) is 0 Å². The summed E-state index contributed by atoms with van der Waals surface area (Å²) in [5.74, 6) is 0.0221. The Labute approximate surface area is 133 Å². The van der Waals surface area contributed by atoms with Crippen molar-refractivity contribution in [3.05, 3.63) is 29.8 Å². The normalized spacial score (nSPS) is 11.3. The first-order chi connectivity index (χ1) is 10.3. The summed E-state index contributed by atoms with van der Waals surface area (Å²) in [7, 11) is 6.29. The maximum atomic E-state index is 12.1. The average Bonchev–Trinajstić information content (AvgIpc) is 2.46. The van der Waals surface area contributed by atoms with Gasteiger partial charge in [0.1, 0.15) is 5.69 Å². The molecule has 0 aliphatic heterocycles. The van der Waals surface area contributed by atoms with Crippen molar-refractivity contribution in [2.24, 2.45) is 0 Å². The monoisotopic (exact) mass is 306 g/mol. The van der Waals surface area contributed by atoms with Crippen LogP contribution in [0.4, 0.5) is 5.69 Å². The highest BCUT2D eigenvalue weighted by Gasteiger charge is 2.13. The molecule has 0 aliphatic carbocycles. The van der Waals surface area contributed by atoms with Crippen LogP contribution in [-0.2, 0) is 9.53 Å². The van der Waals surface area contributed by atoms with E-state index in [1.54, 1.807) is 6.92 Å². The lowest BCUT2D eigenvalue weighted by atomic mass is 10.0. The number of carbonyl (C=O) groups excluding carboxylic acids is 2. The van der Waals surface area contributed by atoms with E-state index in [0.717, 1.165) is 29.3 Å². The highest BCUT2D eigenvalue weighted by Crippen LogP contribution is 2.18. The molecule has 4 nitrogen and oxygen atoms in total. The molecule has 0 aliphatic rings. The van der Waals surface area contributed by atoms with Crippen molar-refractivity contribution < 1.29 is 14.3 Å². The fourth-order valence-corrected chi connectivity index (χ4v) is 2.20. The predicted octanol–water partition coefficient (Wildman–Crippen LogP) is 3.58. The van der Waals surface area contributed by atoms with Gasteiger partial charge in [0.25, 0.3) is 0 Å². The second-order valence-electron chi connectivity index (χ2n) is 6.35. The van der Waals surface area contributed by atoms with E-state index >= 15 is 0 Å². The topological polar surface area (TPSA) is 43.4 Å². The Morgan fingerprint density at radius 2 is 1.55 bits per heavy atom. The Morgan fingerprint density at radius 1 is 0.955 bits per heavy atom. The third-order valence-corrected chi connectivity index (χ3v) is 3.55. The van der Waals surface area contributed by atoms with Crippen LogP contribution in [0.1, 0.15) is 49.4 Å². The number of quaternary nitrogens is 1. The molecule has 0 bridgehead atoms. The number of Topliss-reactive ketones (excluding diaryl/α,β-unsaturated/α-hetero) is 1. The lowest BCUT2D eigenvalue weighted by Crippen LogP contribution is -2.34. The Balaban J connectivity index is 2.32. The Hall–Kier alpha value is -1.68. The first-order valence-corrected chi connectivity index (χ1v) is 7.95. The third-order valence-electron chi connectivity index (χ3n) is 3.55. The zero-order chi connectivity index (χ0) is 16.6. The number of esters is 1. The number of unbranched alkanes of at least 4 members (excludes halogenated alkanes) is 2. The van der Waals surface area contributed by atoms with E-state index in [1.165, 1.54) is 5.69 Å². The molecule has 1 rings (SSSR count). The molecular weight excluding hydrogens is 278 g/mol. The molecule has 0 amide bonds. The van der Waals surface area contributed by atoms with Crippen molar-refractivity contribution in [2.75, 3.05) is 27.7 Å². The van der Waals surface area contributed by atoms with Gasteiger partial charge in [-0.1, -0.05) is 6.42 Å². The van der Waals surface area contributed by atoms with Crippen molar-refractivity contribution in [1.82, 2.24) is 4.48 Å². The number of benzene rings is 1. The summed E-state index contributed by atoms with van der Waals surface area (Å²) in [5, 5.41) is 0. The maximum Gasteiger partial charge on any atom is 0.305 e. The quantitative estimate of drug-likeness (QED) is 0.303. The summed E-state index contributed by atoms with van der Waals surface area (Å²) in [6.45, 7) is 2.24. The van der Waals surface area contributed by atoms with Crippen LogP contribution in [0, 0.1) is 0 Å². The second kappa shape index (κ2) is 8.69. The SMILES string of the molecule is CCOC(=O)CCCCCC(=O)c1ccc([N+](C)(C)C)cc1. The van der Waals surface area contributed by atoms with E-state index in [4.69, 9.17) is 4.74 Å². The van der Waals surface area contributed by atoms with Gasteiger partial charge in [0.2, 0.25) is 0 Å². The molecule has 0 heterocycles. The molecule has 0 unspecified atom stereocenters. The molecule has 1 aromatic carbocycles. The summed E-state index contributed by atoms with van der Waals surface area (Å²) in [6, 6.07) is 7.82. The van der Waals surface area contributed by atoms with Crippen molar-refractivity contribution in [3.8, 4) is 0 Å². The standard InChI is InChI=1S/C18H28NO3/c1-5-22-18(21)10-8-6-7-9-17(20)15-11-13-16(14-12-15)19(2,3)4/h11-14H,5-10H2,1-4H3/q+1. The van der Waals surface area contributed by atoms with E-state index < -0.39 is 0 Å². The largest absolute Gasteiger partial charge is 0.466 e. The van der Waals surface area contributed by atoms with E-state index in [9.17, 15) is 9.59 Å². The van der Waals surface area contributed by atoms with Gasteiger partial charge in [-0.25, -0.2) is 0 Å². The third kappa shape index (κ3) is 6.39. The van der Waals surface area contributed by atoms with Gasteiger partial charge in [-0.15, -0.1) is 0 Å². The van der Waals surface area contributed by atoms with Crippen LogP contribution in [0.3, 0.4) is 0 Å². The zero-order valence-electron chi connectivity index (χ0n) is 14.2. The molecule has 122 valence electrons. The van der Waals surface area contributed by atoms with Gasteiger partial charge in [-0.2, -0.15) is 0 Å². The molecule has 0 fully saturated rings. The van der Waals surface area contributed by atoms with Crippen LogP contribution in [-0.4, -0.2) is 39.5 Å². The van der Waals surface area contributed by atoms with E-state index in [-0.39, 0.29) is 11.8 Å². The van der Waals surface area contributed by atoms with Crippen LogP contribution in [0.15, 0.2) is 24.3 Å². The summed E-state index contributed by atoms with van der Waals surface area (Å²) >= 11 is 0. The average molecular weight is 306 g/mol. The summed E-state index contributed by atoms with van der Waals surface area (Å²) < 4.78 is 5.61. The molecule has 0 saturated heterocycles. The maximum absolute atomic E-state index is 12.1. The molecule has 4 heteroatoms. The summed E-state index contributed by atoms with van der Waals surface area (Å²) in [5.41, 5.74) is 1.94. The number of ether oxygens (including phenoxy) is 1. The Bertz CT molecular complexity index is 486. The number of rotatable bonds is 9. The van der Waals surface area contributed by atoms with Gasteiger partial charge < -0.3 is 4.74 Å². The van der Waals surface area contributed by atoms with Crippen LogP contribution in [0.5, 0.6) is 0 Å². The highest BCUT2D eigenvalue weighted by molar-refractivity contribution is 5.96. The molecule has 0 N–H and O–H groups in total. The van der Waals surface area contributed by atoms with Crippen molar-refractivity contribution in [1.29, 1.82) is 0 Å². The first-order valence-electron chi connectivity index (χ1n) is 7.95. The van der Waals surface area contributed by atoms with Crippen LogP contribution >= 0.6 is 0 Å². The van der Waals surface area contributed by atoms with Crippen molar-refractivity contribution in [3.63, 3.8) is 0 Å². The summed E-state index contributed by atoms with van der Waals surface area (Å²) in [6.07, 6.45) is 3.45. The molecule has 0 saturated carbocycles. The molecule has 0 atom stereocenters. The number of nitrogens with zero attached hydrogens (tertiary/aromatic N) is 1. The predicted molar refractivity (Wildman–Crippen MR) is 90.1 cm³/mol. The fraction of sp³-hybridized carbons (Fsp3) is 0.556.